The Hall–Kier alpha value is -3.09. The average Bonchev–Trinajstić information content (AvgIpc) is 2.88. The minimum atomic E-state index is -1.58. The van der Waals surface area contributed by atoms with Gasteiger partial charge in [-0.1, -0.05) is 19.1 Å². The van der Waals surface area contributed by atoms with E-state index in [9.17, 15) is 30.0 Å². The quantitative estimate of drug-likeness (QED) is 0.328. The monoisotopic (exact) mass is 505 g/mol. The van der Waals surface area contributed by atoms with Crippen molar-refractivity contribution in [2.24, 2.45) is 0 Å². The number of nitrogens with zero attached hydrogens (tertiary/aromatic N) is 1. The second-order valence-electron chi connectivity index (χ2n) is 8.33. The van der Waals surface area contributed by atoms with Gasteiger partial charge in [0.15, 0.2) is 6.29 Å². The summed E-state index contributed by atoms with van der Waals surface area (Å²) in [7, 11) is 1.23. The Balaban J connectivity index is 1.58. The van der Waals surface area contributed by atoms with E-state index in [1.54, 1.807) is 18.3 Å². The van der Waals surface area contributed by atoms with Crippen molar-refractivity contribution in [1.82, 2.24) is 4.98 Å². The number of aromatic nitrogens is 1. The molecule has 0 spiro atoms. The molecule has 36 heavy (non-hydrogen) atoms. The number of aromatic hydroxyl groups is 1. The van der Waals surface area contributed by atoms with Crippen LogP contribution in [0.25, 0.3) is 0 Å². The molecule has 11 heteroatoms. The molecule has 2 aromatic rings. The van der Waals surface area contributed by atoms with Crippen molar-refractivity contribution in [3.05, 3.63) is 58.9 Å². The predicted octanol–water partition coefficient (Wildman–Crippen LogP) is 0.289. The average molecular weight is 506 g/mol. The number of benzene rings is 1. The maximum absolute atomic E-state index is 12.6. The van der Waals surface area contributed by atoms with Gasteiger partial charge in [0.25, 0.3) is 0 Å². The molecule has 1 aliphatic rings. The zero-order valence-electron chi connectivity index (χ0n) is 20.1. The Labute approximate surface area is 208 Å². The number of pyridine rings is 1. The Bertz CT molecular complexity index is 1030. The molecule has 11 nitrogen and oxygen atoms in total. The van der Waals surface area contributed by atoms with Crippen LogP contribution in [0, 0.1) is 0 Å². The molecule has 0 bridgehead atoms. The van der Waals surface area contributed by atoms with Crippen molar-refractivity contribution in [1.29, 1.82) is 0 Å². The van der Waals surface area contributed by atoms with Crippen LogP contribution in [0.3, 0.4) is 0 Å². The first-order valence-electron chi connectivity index (χ1n) is 11.5. The lowest BCUT2D eigenvalue weighted by atomic mass is 9.99. The largest absolute Gasteiger partial charge is 0.508 e. The van der Waals surface area contributed by atoms with E-state index < -0.39 is 49.3 Å². The number of hydrogen-bond acceptors (Lipinski definition) is 11. The highest BCUT2D eigenvalue weighted by Gasteiger charge is 2.44. The first kappa shape index (κ1) is 27.5. The van der Waals surface area contributed by atoms with Crippen LogP contribution in [0.15, 0.2) is 36.7 Å². The second-order valence-corrected chi connectivity index (χ2v) is 8.33. The van der Waals surface area contributed by atoms with Crippen molar-refractivity contribution in [3.8, 4) is 5.75 Å². The molecule has 1 fully saturated rings. The van der Waals surface area contributed by atoms with Crippen molar-refractivity contribution in [2.75, 3.05) is 20.3 Å². The molecule has 3 rings (SSSR count). The van der Waals surface area contributed by atoms with Gasteiger partial charge in [0.2, 0.25) is 0 Å². The number of rotatable bonds is 10. The number of methoxy groups -OCH3 is 1. The smallest absolute Gasteiger partial charge is 0.339 e. The summed E-state index contributed by atoms with van der Waals surface area (Å²) in [5, 5.41) is 40.2. The minimum absolute atomic E-state index is 0.125. The van der Waals surface area contributed by atoms with Gasteiger partial charge in [0.05, 0.1) is 25.7 Å². The van der Waals surface area contributed by atoms with E-state index in [0.29, 0.717) is 24.0 Å². The molecule has 1 aromatic carbocycles. The molecule has 1 aromatic heterocycles. The minimum Gasteiger partial charge on any atom is -0.508 e. The molecule has 196 valence electrons. The van der Waals surface area contributed by atoms with Gasteiger partial charge >= 0.3 is 11.9 Å². The Morgan fingerprint density at radius 2 is 1.78 bits per heavy atom. The van der Waals surface area contributed by atoms with Crippen LogP contribution in [-0.4, -0.2) is 88.4 Å². The van der Waals surface area contributed by atoms with Crippen molar-refractivity contribution >= 4 is 11.9 Å². The van der Waals surface area contributed by atoms with E-state index in [-0.39, 0.29) is 24.3 Å². The van der Waals surface area contributed by atoms with E-state index in [1.807, 2.05) is 6.92 Å². The molecular formula is C25H31NO10. The van der Waals surface area contributed by atoms with Gasteiger partial charge in [-0.2, -0.15) is 0 Å². The summed E-state index contributed by atoms with van der Waals surface area (Å²) in [4.78, 5) is 28.7. The SMILES string of the molecule is CCc1cncc(C(=O)OC)c1CC(=O)OCC1OC(OCCc2ccc(O)cc2)C(O)C(O)C1O. The number of esters is 2. The zero-order valence-corrected chi connectivity index (χ0v) is 20.1. The molecule has 0 amide bonds. The molecule has 2 heterocycles. The zero-order chi connectivity index (χ0) is 26.2. The molecule has 5 atom stereocenters. The maximum Gasteiger partial charge on any atom is 0.339 e. The number of phenolic OH excluding ortho intramolecular Hbond substituents is 1. The van der Waals surface area contributed by atoms with Crippen LogP contribution >= 0.6 is 0 Å². The van der Waals surface area contributed by atoms with Gasteiger partial charge in [0.1, 0.15) is 36.8 Å². The number of ether oxygens (including phenoxy) is 4. The maximum atomic E-state index is 12.6. The van der Waals surface area contributed by atoms with Crippen molar-refractivity contribution in [2.45, 2.75) is 56.9 Å². The summed E-state index contributed by atoms with van der Waals surface area (Å²) >= 11 is 0. The number of carbonyl (C=O) groups excluding carboxylic acids is 2. The Morgan fingerprint density at radius 1 is 1.06 bits per heavy atom. The molecule has 0 radical (unpaired) electrons. The first-order valence-corrected chi connectivity index (χ1v) is 11.5. The van der Waals surface area contributed by atoms with E-state index in [1.165, 1.54) is 25.4 Å². The fraction of sp³-hybridized carbons (Fsp3) is 0.480. The number of aliphatic hydroxyl groups excluding tert-OH is 3. The highest BCUT2D eigenvalue weighted by Crippen LogP contribution is 2.23. The normalized spacial score (nSPS) is 23.8. The second kappa shape index (κ2) is 12.7. The lowest BCUT2D eigenvalue weighted by molar-refractivity contribution is -0.301. The predicted molar refractivity (Wildman–Crippen MR) is 124 cm³/mol. The fourth-order valence-corrected chi connectivity index (χ4v) is 3.85. The third kappa shape index (κ3) is 6.77. The molecule has 0 aliphatic carbocycles. The molecular weight excluding hydrogens is 474 g/mol. The first-order chi connectivity index (χ1) is 17.2. The highest BCUT2D eigenvalue weighted by molar-refractivity contribution is 5.92. The van der Waals surface area contributed by atoms with Gasteiger partial charge in [-0.05, 0) is 41.7 Å². The number of aliphatic hydroxyl groups is 3. The Kier molecular flexibility index (Phi) is 9.73. The van der Waals surface area contributed by atoms with Gasteiger partial charge in [0, 0.05) is 12.4 Å². The standard InChI is InChI=1S/C25H31NO10/c1-3-15-11-26-12-18(24(32)33-2)17(15)10-20(28)35-13-19-21(29)22(30)23(31)25(36-19)34-9-8-14-4-6-16(27)7-5-14/h4-7,11-12,19,21-23,25,27,29-31H,3,8-10,13H2,1-2H3. The van der Waals surface area contributed by atoms with Crippen LogP contribution in [0.2, 0.25) is 0 Å². The van der Waals surface area contributed by atoms with Crippen molar-refractivity contribution in [3.63, 3.8) is 0 Å². The van der Waals surface area contributed by atoms with E-state index in [0.717, 1.165) is 5.56 Å². The van der Waals surface area contributed by atoms with Gasteiger partial charge in [-0.15, -0.1) is 0 Å². The highest BCUT2D eigenvalue weighted by atomic mass is 16.7. The van der Waals surface area contributed by atoms with Crippen LogP contribution in [0.4, 0.5) is 0 Å². The lowest BCUT2D eigenvalue weighted by Gasteiger charge is -2.40. The van der Waals surface area contributed by atoms with E-state index >= 15 is 0 Å². The molecule has 0 saturated carbocycles. The summed E-state index contributed by atoms with van der Waals surface area (Å²) in [6.07, 6.45) is -3.44. The Morgan fingerprint density at radius 3 is 2.44 bits per heavy atom. The molecule has 1 saturated heterocycles. The summed E-state index contributed by atoms with van der Waals surface area (Å²) in [5.74, 6) is -1.19. The van der Waals surface area contributed by atoms with Crippen molar-refractivity contribution < 1.29 is 49.0 Å². The fourth-order valence-electron chi connectivity index (χ4n) is 3.85. The molecule has 5 unspecified atom stereocenters. The number of carbonyl (C=O) groups is 2. The van der Waals surface area contributed by atoms with Crippen LogP contribution < -0.4 is 0 Å². The third-order valence-electron chi connectivity index (χ3n) is 5.94. The third-order valence-corrected chi connectivity index (χ3v) is 5.94. The van der Waals surface area contributed by atoms with Gasteiger partial charge < -0.3 is 39.4 Å². The van der Waals surface area contributed by atoms with E-state index in [2.05, 4.69) is 4.98 Å². The van der Waals surface area contributed by atoms with Gasteiger partial charge in [-0.25, -0.2) is 4.79 Å². The summed E-state index contributed by atoms with van der Waals surface area (Å²) in [6, 6.07) is 6.51. The number of aryl methyl sites for hydroxylation is 1. The van der Waals surface area contributed by atoms with Crippen LogP contribution in [-0.2, 0) is 43.0 Å². The lowest BCUT2D eigenvalue weighted by Crippen LogP contribution is -2.59. The van der Waals surface area contributed by atoms with Crippen LogP contribution in [0.5, 0.6) is 5.75 Å². The summed E-state index contributed by atoms with van der Waals surface area (Å²) in [6.45, 7) is 1.56. The van der Waals surface area contributed by atoms with E-state index in [4.69, 9.17) is 18.9 Å². The van der Waals surface area contributed by atoms with Gasteiger partial charge in [-0.3, -0.25) is 9.78 Å². The number of hydrogen-bond donors (Lipinski definition) is 4. The summed E-state index contributed by atoms with van der Waals surface area (Å²) < 4.78 is 21.2. The topological polar surface area (TPSA) is 165 Å². The summed E-state index contributed by atoms with van der Waals surface area (Å²) in [5.41, 5.74) is 2.14. The molecule has 1 aliphatic heterocycles. The van der Waals surface area contributed by atoms with Crippen LogP contribution in [0.1, 0.15) is 34.0 Å². The molecule has 4 N–H and O–H groups in total. The number of phenols is 1.